The quantitative estimate of drug-likeness (QED) is 0.444. The van der Waals surface area contributed by atoms with Gasteiger partial charge in [-0.25, -0.2) is 13.2 Å². The molecule has 4 amide bonds. The second kappa shape index (κ2) is 13.0. The number of nitrogens with zero attached hydrogens (tertiary/aromatic N) is 4. The van der Waals surface area contributed by atoms with Gasteiger partial charge in [-0.1, -0.05) is 11.6 Å². The minimum Gasteiger partial charge on any atom is -0.341 e. The largest absolute Gasteiger partial charge is 0.341 e. The van der Waals surface area contributed by atoms with E-state index in [0.717, 1.165) is 44.3 Å². The molecule has 4 heterocycles. The normalized spacial score (nSPS) is 24.6. The lowest BCUT2D eigenvalue weighted by molar-refractivity contribution is -0.143. The molecule has 0 saturated carbocycles. The molecule has 3 aliphatic rings. The standard InChI is InChI=1S/C25H37ClN6O5S2/c1-27-25(35)29(2)18-9-13-30(15-18)16-19-5-3-12-32(19)23(33)17-31-11-4-6-21(24(31)34)28-39(36,37)14-10-20-7-8-22(26)38-20/h7-8,10,14,18-19,21,28H,3-6,9,11-13,15-17H2,1-2H3,(H,27,35)/t18?,19-,21-/m0/s1. The van der Waals surface area contributed by atoms with Crippen LogP contribution in [0.4, 0.5) is 4.79 Å². The van der Waals surface area contributed by atoms with E-state index in [4.69, 9.17) is 11.6 Å². The number of urea groups is 1. The van der Waals surface area contributed by atoms with Gasteiger partial charge in [0.1, 0.15) is 6.04 Å². The van der Waals surface area contributed by atoms with Crippen molar-refractivity contribution in [2.45, 2.75) is 50.2 Å². The number of nitrogens with one attached hydrogen (secondary N) is 2. The number of sulfonamides is 1. The lowest BCUT2D eigenvalue weighted by Gasteiger charge is -2.34. The Hall–Kier alpha value is -2.19. The average molecular weight is 601 g/mol. The summed E-state index contributed by atoms with van der Waals surface area (Å²) in [6.07, 6.45) is 5.13. The summed E-state index contributed by atoms with van der Waals surface area (Å²) in [7, 11) is -0.429. The van der Waals surface area contributed by atoms with Crippen LogP contribution in [0.25, 0.3) is 6.08 Å². The maximum absolute atomic E-state index is 13.3. The maximum atomic E-state index is 13.3. The molecule has 39 heavy (non-hydrogen) atoms. The molecule has 0 aromatic carbocycles. The van der Waals surface area contributed by atoms with Gasteiger partial charge < -0.3 is 20.0 Å². The van der Waals surface area contributed by atoms with Gasteiger partial charge in [0.2, 0.25) is 21.8 Å². The number of piperidine rings is 1. The summed E-state index contributed by atoms with van der Waals surface area (Å²) in [5.74, 6) is -0.483. The van der Waals surface area contributed by atoms with Crippen molar-refractivity contribution in [2.24, 2.45) is 0 Å². The maximum Gasteiger partial charge on any atom is 0.317 e. The summed E-state index contributed by atoms with van der Waals surface area (Å²) in [5, 5.41) is 3.70. The van der Waals surface area contributed by atoms with Crippen LogP contribution in [0, 0.1) is 0 Å². The van der Waals surface area contributed by atoms with Gasteiger partial charge >= 0.3 is 6.03 Å². The van der Waals surface area contributed by atoms with Crippen molar-refractivity contribution < 1.29 is 22.8 Å². The second-order valence-electron chi connectivity index (χ2n) is 10.3. The molecule has 216 valence electrons. The third-order valence-corrected chi connectivity index (χ3v) is 9.97. The van der Waals surface area contributed by atoms with Crippen molar-refractivity contribution in [1.29, 1.82) is 0 Å². The number of likely N-dealkylation sites (tertiary alicyclic amines) is 3. The molecule has 0 aliphatic carbocycles. The first-order valence-electron chi connectivity index (χ1n) is 13.3. The molecular weight excluding hydrogens is 564 g/mol. The van der Waals surface area contributed by atoms with Crippen molar-refractivity contribution in [3.05, 3.63) is 26.8 Å². The van der Waals surface area contributed by atoms with Gasteiger partial charge in [0.25, 0.3) is 0 Å². The third-order valence-electron chi connectivity index (χ3n) is 7.66. The van der Waals surface area contributed by atoms with Gasteiger partial charge in [0, 0.05) is 69.2 Å². The number of hydrogen-bond acceptors (Lipinski definition) is 7. The number of halogens is 1. The Morgan fingerprint density at radius 2 is 1.95 bits per heavy atom. The van der Waals surface area contributed by atoms with E-state index in [-0.39, 0.29) is 36.5 Å². The Morgan fingerprint density at radius 3 is 2.67 bits per heavy atom. The van der Waals surface area contributed by atoms with Crippen molar-refractivity contribution in [3.63, 3.8) is 0 Å². The summed E-state index contributed by atoms with van der Waals surface area (Å²) >= 11 is 7.15. The van der Waals surface area contributed by atoms with Crippen LogP contribution in [0.1, 0.15) is 37.0 Å². The van der Waals surface area contributed by atoms with Crippen LogP contribution < -0.4 is 10.0 Å². The van der Waals surface area contributed by atoms with Gasteiger partial charge in [-0.15, -0.1) is 11.3 Å². The zero-order chi connectivity index (χ0) is 28.2. The molecule has 4 rings (SSSR count). The number of rotatable bonds is 9. The average Bonchev–Trinajstić information content (AvgIpc) is 3.66. The number of amides is 4. The lowest BCUT2D eigenvalue weighted by Crippen LogP contribution is -2.55. The molecule has 11 nitrogen and oxygen atoms in total. The molecule has 3 aliphatic heterocycles. The van der Waals surface area contributed by atoms with E-state index in [9.17, 15) is 22.8 Å². The summed E-state index contributed by atoms with van der Waals surface area (Å²) in [6, 6.07) is 2.60. The second-order valence-corrected chi connectivity index (χ2v) is 13.7. The summed E-state index contributed by atoms with van der Waals surface area (Å²) in [5.41, 5.74) is 0. The molecule has 0 bridgehead atoms. The summed E-state index contributed by atoms with van der Waals surface area (Å²) in [4.78, 5) is 46.4. The first-order chi connectivity index (χ1) is 18.6. The number of carbonyl (C=O) groups is 3. The minimum atomic E-state index is -3.85. The van der Waals surface area contributed by atoms with Crippen molar-refractivity contribution in [3.8, 4) is 0 Å². The van der Waals surface area contributed by atoms with Crippen LogP contribution in [0.15, 0.2) is 17.5 Å². The molecule has 2 N–H and O–H groups in total. The van der Waals surface area contributed by atoms with Gasteiger partial charge in [-0.2, -0.15) is 4.72 Å². The first-order valence-corrected chi connectivity index (χ1v) is 16.0. The predicted octanol–water partition coefficient (Wildman–Crippen LogP) is 1.62. The minimum absolute atomic E-state index is 0.0564. The van der Waals surface area contributed by atoms with E-state index >= 15 is 0 Å². The highest BCUT2D eigenvalue weighted by atomic mass is 35.5. The molecule has 14 heteroatoms. The van der Waals surface area contributed by atoms with Crippen LogP contribution in [0.2, 0.25) is 4.34 Å². The Kier molecular flexibility index (Phi) is 9.92. The van der Waals surface area contributed by atoms with Crippen molar-refractivity contribution in [1.82, 2.24) is 29.6 Å². The van der Waals surface area contributed by atoms with E-state index in [1.165, 1.54) is 22.3 Å². The van der Waals surface area contributed by atoms with Crippen LogP contribution >= 0.6 is 22.9 Å². The Bertz CT molecular complexity index is 1190. The van der Waals surface area contributed by atoms with Crippen molar-refractivity contribution >= 4 is 56.9 Å². The number of carbonyl (C=O) groups excluding carboxylic acids is 3. The molecule has 1 unspecified atom stereocenters. The number of likely N-dealkylation sites (N-methyl/N-ethyl adjacent to an activating group) is 1. The van der Waals surface area contributed by atoms with Crippen LogP contribution in [-0.2, 0) is 19.6 Å². The van der Waals surface area contributed by atoms with Crippen LogP contribution in [0.5, 0.6) is 0 Å². The van der Waals surface area contributed by atoms with E-state index < -0.39 is 16.1 Å². The fraction of sp³-hybridized carbons (Fsp3) is 0.640. The monoisotopic (exact) mass is 600 g/mol. The molecule has 3 saturated heterocycles. The fourth-order valence-corrected chi connectivity index (χ4v) is 7.63. The summed E-state index contributed by atoms with van der Waals surface area (Å²) < 4.78 is 28.2. The lowest BCUT2D eigenvalue weighted by atomic mass is 10.1. The van der Waals surface area contributed by atoms with E-state index in [2.05, 4.69) is 14.9 Å². The van der Waals surface area contributed by atoms with Gasteiger partial charge in [-0.3, -0.25) is 14.5 Å². The van der Waals surface area contributed by atoms with Crippen molar-refractivity contribution in [2.75, 3.05) is 53.4 Å². The SMILES string of the molecule is CNC(=O)N(C)C1CCN(C[C@@H]2CCCN2C(=O)CN2CCC[C@H](NS(=O)(=O)C=Cc3ccc(Cl)s3)C2=O)C1. The number of thiophene rings is 1. The van der Waals surface area contributed by atoms with Gasteiger partial charge in [-0.05, 0) is 50.3 Å². The smallest absolute Gasteiger partial charge is 0.317 e. The van der Waals surface area contributed by atoms with E-state index in [0.29, 0.717) is 35.1 Å². The highest BCUT2D eigenvalue weighted by molar-refractivity contribution is 7.92. The first kappa shape index (κ1) is 29.8. The topological polar surface area (TPSA) is 122 Å². The zero-order valence-corrected chi connectivity index (χ0v) is 24.7. The molecule has 3 atom stereocenters. The zero-order valence-electron chi connectivity index (χ0n) is 22.3. The Labute approximate surface area is 239 Å². The molecule has 0 spiro atoms. The Balaban J connectivity index is 1.30. The van der Waals surface area contributed by atoms with Crippen LogP contribution in [0.3, 0.4) is 0 Å². The highest BCUT2D eigenvalue weighted by Gasteiger charge is 2.37. The fourth-order valence-electron chi connectivity index (χ4n) is 5.56. The van der Waals surface area contributed by atoms with Gasteiger partial charge in [0.05, 0.1) is 10.9 Å². The van der Waals surface area contributed by atoms with Crippen LogP contribution in [-0.4, -0.2) is 117 Å². The number of hydrogen-bond donors (Lipinski definition) is 2. The predicted molar refractivity (Wildman–Crippen MR) is 152 cm³/mol. The highest BCUT2D eigenvalue weighted by Crippen LogP contribution is 2.24. The molecule has 1 aromatic heterocycles. The third kappa shape index (κ3) is 7.72. The molecule has 1 aromatic rings. The molecule has 3 fully saturated rings. The Morgan fingerprint density at radius 1 is 1.18 bits per heavy atom. The summed E-state index contributed by atoms with van der Waals surface area (Å²) in [6.45, 7) is 3.38. The van der Waals surface area contributed by atoms with Gasteiger partial charge in [0.15, 0.2) is 0 Å². The molecular formula is C25H37ClN6O5S2. The van der Waals surface area contributed by atoms with E-state index in [1.54, 1.807) is 31.1 Å². The van der Waals surface area contributed by atoms with E-state index in [1.807, 2.05) is 4.90 Å². The molecule has 0 radical (unpaired) electrons.